The van der Waals surface area contributed by atoms with Crippen molar-refractivity contribution in [2.75, 3.05) is 81.7 Å². The molecular weight excluding hydrogens is 865 g/mol. The fourth-order valence-electron chi connectivity index (χ4n) is 13.4. The molecule has 15 heteroatoms. The van der Waals surface area contributed by atoms with Gasteiger partial charge >= 0.3 is 0 Å². The van der Waals surface area contributed by atoms with Gasteiger partial charge in [0.2, 0.25) is 35.6 Å². The van der Waals surface area contributed by atoms with E-state index in [-0.39, 0.29) is 58.6 Å². The number of anilines is 3. The lowest BCUT2D eigenvalue weighted by molar-refractivity contribution is -0.160. The molecule has 0 aromatic carbocycles. The lowest BCUT2D eigenvalue weighted by atomic mass is 9.87. The maximum Gasteiger partial charge on any atom is 0.244 e. The second kappa shape index (κ2) is 20.0. The highest BCUT2D eigenvalue weighted by molar-refractivity contribution is 5.88. The van der Waals surface area contributed by atoms with Gasteiger partial charge in [-0.3, -0.25) is 29.1 Å². The van der Waals surface area contributed by atoms with Crippen LogP contribution in [0.4, 0.5) is 17.8 Å². The average Bonchev–Trinajstić information content (AvgIpc) is 3.31. The van der Waals surface area contributed by atoms with Gasteiger partial charge in [0, 0.05) is 80.6 Å². The van der Waals surface area contributed by atoms with Crippen LogP contribution in [0.15, 0.2) is 0 Å². The van der Waals surface area contributed by atoms with Crippen molar-refractivity contribution in [1.29, 1.82) is 0 Å². The lowest BCUT2D eigenvalue weighted by Crippen LogP contribution is -2.73. The summed E-state index contributed by atoms with van der Waals surface area (Å²) in [5, 5.41) is 0. The summed E-state index contributed by atoms with van der Waals surface area (Å²) in [6.07, 6.45) is 16.3. The van der Waals surface area contributed by atoms with E-state index in [1.54, 1.807) is 0 Å². The van der Waals surface area contributed by atoms with Crippen molar-refractivity contribution in [3.05, 3.63) is 0 Å². The van der Waals surface area contributed by atoms with Crippen LogP contribution in [0.1, 0.15) is 186 Å². The molecule has 3 saturated heterocycles. The summed E-state index contributed by atoms with van der Waals surface area (Å²) < 4.78 is 0. The lowest BCUT2D eigenvalue weighted by Gasteiger charge is -2.56. The smallest absolute Gasteiger partial charge is 0.244 e. The standard InChI is InChI=1S/C54H96N12O3/c1-39(65-38-51(6,7)60(16)54(12,13)45(65)69)66(42-30-24-19-25-31-42)48-56-46(63(40-26-20-17-21-27-40)34-32-61-36-49(2,3)58(14)52(8,9)43(61)67)55-47(57-48)64(41-28-22-18-23-29-41)35-33-62-37-50(4,5)59(15)53(10,11)44(62)68/h39-42H,17-38H2,1-16H3. The minimum Gasteiger partial charge on any atom is -0.337 e. The molecule has 1 unspecified atom stereocenters. The molecule has 0 radical (unpaired) electrons. The predicted molar refractivity (Wildman–Crippen MR) is 280 cm³/mol. The van der Waals surface area contributed by atoms with Gasteiger partial charge < -0.3 is 29.4 Å². The Kier molecular flexibility index (Phi) is 15.5. The second-order valence-corrected chi connectivity index (χ2v) is 25.7. The number of carbonyl (C=O) groups excluding carboxylic acids is 3. The van der Waals surface area contributed by atoms with Crippen LogP contribution in [-0.4, -0.2) is 187 Å². The highest BCUT2D eigenvalue weighted by Crippen LogP contribution is 2.39. The molecule has 3 aliphatic heterocycles. The van der Waals surface area contributed by atoms with Crippen molar-refractivity contribution in [2.45, 2.75) is 244 Å². The number of nitrogens with zero attached hydrogens (tertiary/aromatic N) is 12. The molecule has 0 N–H and O–H groups in total. The van der Waals surface area contributed by atoms with E-state index in [1.165, 1.54) is 19.3 Å². The van der Waals surface area contributed by atoms with Crippen LogP contribution in [0, 0.1) is 0 Å². The number of carbonyl (C=O) groups is 3. The van der Waals surface area contributed by atoms with E-state index in [9.17, 15) is 14.4 Å². The molecule has 0 bridgehead atoms. The van der Waals surface area contributed by atoms with Crippen LogP contribution in [-0.2, 0) is 14.4 Å². The Labute approximate surface area is 418 Å². The Bertz CT molecular complexity index is 1890. The quantitative estimate of drug-likeness (QED) is 0.183. The summed E-state index contributed by atoms with van der Waals surface area (Å²) >= 11 is 0. The van der Waals surface area contributed by atoms with Crippen LogP contribution in [0.3, 0.4) is 0 Å². The first-order chi connectivity index (χ1) is 32.1. The van der Waals surface area contributed by atoms with E-state index in [4.69, 9.17) is 15.0 Å². The predicted octanol–water partition coefficient (Wildman–Crippen LogP) is 7.63. The normalized spacial score (nSPS) is 26.6. The number of hydrogen-bond donors (Lipinski definition) is 0. The maximum absolute atomic E-state index is 14.8. The minimum absolute atomic E-state index is 0.116. The third-order valence-electron chi connectivity index (χ3n) is 18.8. The van der Waals surface area contributed by atoms with E-state index < -0.39 is 16.6 Å². The van der Waals surface area contributed by atoms with Gasteiger partial charge in [-0.1, -0.05) is 57.8 Å². The average molecular weight is 961 g/mol. The second-order valence-electron chi connectivity index (χ2n) is 25.7. The molecule has 7 rings (SSSR count). The van der Waals surface area contributed by atoms with Crippen molar-refractivity contribution in [3.63, 3.8) is 0 Å². The fraction of sp³-hybridized carbons (Fsp3) is 0.889. The first kappa shape index (κ1) is 53.5. The molecule has 390 valence electrons. The minimum atomic E-state index is -0.702. The summed E-state index contributed by atoms with van der Waals surface area (Å²) in [5.41, 5.74) is -2.63. The third kappa shape index (κ3) is 10.5. The van der Waals surface area contributed by atoms with E-state index >= 15 is 0 Å². The van der Waals surface area contributed by atoms with Gasteiger partial charge in [-0.2, -0.15) is 15.0 Å². The number of piperazine rings is 3. The third-order valence-corrected chi connectivity index (χ3v) is 18.8. The highest BCUT2D eigenvalue weighted by atomic mass is 16.2. The topological polar surface area (TPSA) is 119 Å². The van der Waals surface area contributed by atoms with E-state index in [0.717, 1.165) is 77.0 Å². The molecule has 15 nitrogen and oxygen atoms in total. The van der Waals surface area contributed by atoms with Crippen LogP contribution >= 0.6 is 0 Å². The Balaban J connectivity index is 1.37. The molecule has 3 amide bonds. The van der Waals surface area contributed by atoms with Crippen LogP contribution < -0.4 is 14.7 Å². The zero-order valence-electron chi connectivity index (χ0n) is 46.5. The van der Waals surface area contributed by atoms with Crippen LogP contribution in [0.5, 0.6) is 0 Å². The van der Waals surface area contributed by atoms with Gasteiger partial charge in [-0.15, -0.1) is 0 Å². The monoisotopic (exact) mass is 961 g/mol. The highest BCUT2D eigenvalue weighted by Gasteiger charge is 2.52. The van der Waals surface area contributed by atoms with Crippen molar-refractivity contribution in [3.8, 4) is 0 Å². The largest absolute Gasteiger partial charge is 0.337 e. The van der Waals surface area contributed by atoms with Gasteiger partial charge in [-0.25, -0.2) is 0 Å². The molecule has 69 heavy (non-hydrogen) atoms. The summed E-state index contributed by atoms with van der Waals surface area (Å²) in [7, 11) is 6.24. The summed E-state index contributed by atoms with van der Waals surface area (Å²) in [5.74, 6) is 2.38. The van der Waals surface area contributed by atoms with Gasteiger partial charge in [0.15, 0.2) is 0 Å². The van der Waals surface area contributed by atoms with Crippen molar-refractivity contribution < 1.29 is 14.4 Å². The zero-order chi connectivity index (χ0) is 50.6. The van der Waals surface area contributed by atoms with E-state index in [2.05, 4.69) is 155 Å². The molecule has 1 aromatic rings. The number of hydrogen-bond acceptors (Lipinski definition) is 12. The van der Waals surface area contributed by atoms with Crippen molar-refractivity contribution >= 4 is 35.6 Å². The molecule has 0 spiro atoms. The number of likely N-dealkylation sites (N-methyl/N-ethyl adjacent to an activating group) is 3. The molecule has 3 saturated carbocycles. The van der Waals surface area contributed by atoms with E-state index in [1.807, 2.05) is 0 Å². The summed E-state index contributed by atoms with van der Waals surface area (Å²) in [6, 6.07) is 0.561. The van der Waals surface area contributed by atoms with Gasteiger partial charge in [0.25, 0.3) is 0 Å². The fourth-order valence-corrected chi connectivity index (χ4v) is 13.4. The Morgan fingerprint density at radius 2 is 0.783 bits per heavy atom. The molecule has 4 heterocycles. The van der Waals surface area contributed by atoms with Gasteiger partial charge in [0.1, 0.15) is 6.17 Å². The molecule has 6 aliphatic rings. The maximum atomic E-state index is 14.8. The van der Waals surface area contributed by atoms with Crippen molar-refractivity contribution in [2.24, 2.45) is 0 Å². The van der Waals surface area contributed by atoms with Gasteiger partial charge in [-0.05, 0) is 150 Å². The van der Waals surface area contributed by atoms with Crippen LogP contribution in [0.2, 0.25) is 0 Å². The van der Waals surface area contributed by atoms with Gasteiger partial charge in [0.05, 0.1) is 16.6 Å². The first-order valence-corrected chi connectivity index (χ1v) is 27.3. The first-order valence-electron chi connectivity index (χ1n) is 27.3. The Morgan fingerprint density at radius 1 is 0.464 bits per heavy atom. The number of rotatable bonds is 14. The summed E-state index contributed by atoms with van der Waals surface area (Å²) in [4.78, 5) is 80.8. The van der Waals surface area contributed by atoms with Crippen molar-refractivity contribution in [1.82, 2.24) is 44.4 Å². The van der Waals surface area contributed by atoms with E-state index in [0.29, 0.717) is 63.7 Å². The molecule has 1 atom stereocenters. The molecule has 3 aliphatic carbocycles. The number of amides is 3. The van der Waals surface area contributed by atoms with Crippen LogP contribution in [0.25, 0.3) is 0 Å². The zero-order valence-corrected chi connectivity index (χ0v) is 46.5. The SMILES string of the molecule is CC(N1CC(C)(C)N(C)C(C)(C)C1=O)N(c1nc(N(CCN2CC(C)(C)N(C)C(C)(C)C2=O)C2CCCCC2)nc(N(CCN2CC(C)(C)N(C)C(C)(C)C2=O)C2CCCCC2)n1)C1CCCCC1. The number of aromatic nitrogens is 3. The molecular formula is C54H96N12O3. The molecule has 1 aromatic heterocycles. The molecule has 6 fully saturated rings. The summed E-state index contributed by atoms with van der Waals surface area (Å²) in [6.45, 7) is 32.2. The Morgan fingerprint density at radius 3 is 1.16 bits per heavy atom. The Hall–Kier alpha value is -3.30.